The number of halogens is 1. The Labute approximate surface area is 127 Å². The number of benzene rings is 1. The van der Waals surface area contributed by atoms with E-state index in [0.29, 0.717) is 11.0 Å². The minimum Gasteiger partial charge on any atom is -0.306 e. The topological polar surface area (TPSA) is 108 Å². The largest absolute Gasteiger partial charge is 0.323 e. The highest BCUT2D eigenvalue weighted by Gasteiger charge is 2.16. The zero-order valence-electron chi connectivity index (χ0n) is 10.4. The van der Waals surface area contributed by atoms with Gasteiger partial charge in [0.05, 0.1) is 15.9 Å². The first-order valence-corrected chi connectivity index (χ1v) is 8.08. The average molecular weight is 369 g/mol. The Kier molecular flexibility index (Phi) is 3.30. The van der Waals surface area contributed by atoms with E-state index in [1.54, 1.807) is 12.1 Å². The van der Waals surface area contributed by atoms with E-state index in [-0.39, 0.29) is 16.4 Å². The van der Waals surface area contributed by atoms with Crippen LogP contribution in [0.15, 0.2) is 50.7 Å². The van der Waals surface area contributed by atoms with Crippen LogP contribution in [0.5, 0.6) is 0 Å². The summed E-state index contributed by atoms with van der Waals surface area (Å²) in [4.78, 5) is 20.2. The van der Waals surface area contributed by atoms with Crippen LogP contribution < -0.4 is 10.4 Å². The molecule has 0 atom stereocenters. The lowest BCUT2D eigenvalue weighted by Crippen LogP contribution is -2.13. The summed E-state index contributed by atoms with van der Waals surface area (Å²) in [5, 5.41) is 0. The number of anilines is 1. The fourth-order valence-electron chi connectivity index (χ4n) is 1.81. The Balaban J connectivity index is 1.99. The Morgan fingerprint density at radius 2 is 1.86 bits per heavy atom. The number of aromatic nitrogens is 3. The molecule has 0 aliphatic rings. The van der Waals surface area contributed by atoms with Crippen molar-refractivity contribution in [3.05, 3.63) is 51.5 Å². The average Bonchev–Trinajstić information content (AvgIpc) is 2.80. The van der Waals surface area contributed by atoms with E-state index in [0.717, 1.165) is 4.47 Å². The maximum atomic E-state index is 12.3. The van der Waals surface area contributed by atoms with Crippen molar-refractivity contribution in [2.75, 3.05) is 4.72 Å². The second kappa shape index (κ2) is 5.01. The van der Waals surface area contributed by atoms with E-state index in [4.69, 9.17) is 0 Å². The molecule has 0 saturated carbocycles. The molecule has 3 aromatic rings. The standard InChI is InChI=1S/C12H9BrN4O3S/c13-7-1-4-11(14-6-7)17-21(19,20)8-2-3-9-10(5-8)16-12(18)15-9/h1-6H,(H,14,17)(H2,15,16,18). The van der Waals surface area contributed by atoms with Crippen LogP contribution in [0.2, 0.25) is 0 Å². The lowest BCUT2D eigenvalue weighted by atomic mass is 10.3. The SMILES string of the molecule is O=c1[nH]c2ccc(S(=O)(=O)Nc3ccc(Br)cn3)cc2[nH]1. The predicted molar refractivity (Wildman–Crippen MR) is 81.7 cm³/mol. The van der Waals surface area contributed by atoms with E-state index < -0.39 is 10.0 Å². The van der Waals surface area contributed by atoms with Gasteiger partial charge in [0.1, 0.15) is 5.82 Å². The lowest BCUT2D eigenvalue weighted by Gasteiger charge is -2.07. The first-order chi connectivity index (χ1) is 9.94. The second-order valence-corrected chi connectivity index (χ2v) is 6.85. The minimum atomic E-state index is -3.77. The molecule has 3 N–H and O–H groups in total. The van der Waals surface area contributed by atoms with Gasteiger partial charge in [0.25, 0.3) is 10.0 Å². The number of sulfonamides is 1. The van der Waals surface area contributed by atoms with Crippen molar-refractivity contribution in [2.24, 2.45) is 0 Å². The monoisotopic (exact) mass is 368 g/mol. The minimum absolute atomic E-state index is 0.0370. The van der Waals surface area contributed by atoms with Crippen molar-refractivity contribution in [2.45, 2.75) is 4.90 Å². The number of hydrogen-bond acceptors (Lipinski definition) is 4. The van der Waals surface area contributed by atoms with Crippen molar-refractivity contribution in [1.29, 1.82) is 0 Å². The molecule has 21 heavy (non-hydrogen) atoms. The normalized spacial score (nSPS) is 11.7. The van der Waals surface area contributed by atoms with Crippen LogP contribution in [0.25, 0.3) is 11.0 Å². The Hall–Kier alpha value is -2.13. The summed E-state index contributed by atoms with van der Waals surface area (Å²) in [6.07, 6.45) is 1.49. The van der Waals surface area contributed by atoms with Crippen molar-refractivity contribution < 1.29 is 8.42 Å². The third-order valence-electron chi connectivity index (χ3n) is 2.76. The molecule has 2 heterocycles. The van der Waals surface area contributed by atoms with Gasteiger partial charge in [0.2, 0.25) is 0 Å². The van der Waals surface area contributed by atoms with Gasteiger partial charge in [-0.25, -0.2) is 18.2 Å². The van der Waals surface area contributed by atoms with Crippen LogP contribution in [0.4, 0.5) is 5.82 Å². The quantitative estimate of drug-likeness (QED) is 0.654. The smallest absolute Gasteiger partial charge is 0.306 e. The van der Waals surface area contributed by atoms with Gasteiger partial charge in [0, 0.05) is 10.7 Å². The molecule has 0 fully saturated rings. The number of imidazole rings is 1. The molecule has 3 rings (SSSR count). The van der Waals surface area contributed by atoms with Crippen molar-refractivity contribution in [3.8, 4) is 0 Å². The first-order valence-electron chi connectivity index (χ1n) is 5.80. The van der Waals surface area contributed by atoms with Gasteiger partial charge in [-0.1, -0.05) is 0 Å². The summed E-state index contributed by atoms with van der Waals surface area (Å²) < 4.78 is 27.7. The van der Waals surface area contributed by atoms with E-state index in [2.05, 4.69) is 35.6 Å². The Morgan fingerprint density at radius 3 is 2.57 bits per heavy atom. The summed E-state index contributed by atoms with van der Waals surface area (Å²) in [5.74, 6) is 0.209. The molecule has 0 bridgehead atoms. The van der Waals surface area contributed by atoms with Crippen LogP contribution in [-0.2, 0) is 10.0 Å². The van der Waals surface area contributed by atoms with Crippen LogP contribution in [0, 0.1) is 0 Å². The van der Waals surface area contributed by atoms with Gasteiger partial charge in [0.15, 0.2) is 0 Å². The van der Waals surface area contributed by atoms with Crippen LogP contribution in [-0.4, -0.2) is 23.4 Å². The van der Waals surface area contributed by atoms with E-state index in [9.17, 15) is 13.2 Å². The van der Waals surface area contributed by atoms with Crippen molar-refractivity contribution in [1.82, 2.24) is 15.0 Å². The number of aromatic amines is 2. The van der Waals surface area contributed by atoms with Gasteiger partial charge in [-0.2, -0.15) is 0 Å². The molecular weight excluding hydrogens is 360 g/mol. The highest BCUT2D eigenvalue weighted by molar-refractivity contribution is 9.10. The summed E-state index contributed by atoms with van der Waals surface area (Å²) in [6.45, 7) is 0. The molecule has 108 valence electrons. The number of fused-ring (bicyclic) bond motifs is 1. The number of hydrogen-bond donors (Lipinski definition) is 3. The lowest BCUT2D eigenvalue weighted by molar-refractivity contribution is 0.601. The zero-order valence-corrected chi connectivity index (χ0v) is 12.8. The fraction of sp³-hybridized carbons (Fsp3) is 0. The molecule has 1 aromatic carbocycles. The highest BCUT2D eigenvalue weighted by Crippen LogP contribution is 2.18. The number of rotatable bonds is 3. The number of nitrogens with zero attached hydrogens (tertiary/aromatic N) is 1. The molecule has 0 unspecified atom stereocenters. The van der Waals surface area contributed by atoms with E-state index in [1.807, 2.05) is 0 Å². The fourth-order valence-corrected chi connectivity index (χ4v) is 3.08. The molecule has 0 amide bonds. The maximum absolute atomic E-state index is 12.3. The van der Waals surface area contributed by atoms with Gasteiger partial charge < -0.3 is 9.97 Å². The first kappa shape index (κ1) is 13.8. The summed E-state index contributed by atoms with van der Waals surface area (Å²) in [7, 11) is -3.77. The summed E-state index contributed by atoms with van der Waals surface area (Å²) in [6, 6.07) is 7.54. The molecule has 0 spiro atoms. The van der Waals surface area contributed by atoms with Gasteiger partial charge in [-0.15, -0.1) is 0 Å². The highest BCUT2D eigenvalue weighted by atomic mass is 79.9. The molecule has 7 nitrogen and oxygen atoms in total. The Bertz CT molecular complexity index is 960. The van der Waals surface area contributed by atoms with Crippen LogP contribution >= 0.6 is 15.9 Å². The molecule has 0 aliphatic heterocycles. The summed E-state index contributed by atoms with van der Waals surface area (Å²) >= 11 is 3.22. The predicted octanol–water partition coefficient (Wildman–Crippen LogP) is 1.81. The third kappa shape index (κ3) is 2.83. The summed E-state index contributed by atoms with van der Waals surface area (Å²) in [5.41, 5.74) is 0.578. The molecule has 0 aliphatic carbocycles. The third-order valence-corrected chi connectivity index (χ3v) is 4.59. The van der Waals surface area contributed by atoms with Crippen molar-refractivity contribution in [3.63, 3.8) is 0 Å². The van der Waals surface area contributed by atoms with E-state index >= 15 is 0 Å². The molecule has 9 heteroatoms. The molecular formula is C12H9BrN4O3S. The van der Waals surface area contributed by atoms with Crippen molar-refractivity contribution >= 4 is 42.8 Å². The van der Waals surface area contributed by atoms with Crippen LogP contribution in [0.1, 0.15) is 0 Å². The van der Waals surface area contributed by atoms with Gasteiger partial charge >= 0.3 is 5.69 Å². The van der Waals surface area contributed by atoms with E-state index in [1.165, 1.54) is 24.4 Å². The second-order valence-electron chi connectivity index (χ2n) is 4.25. The van der Waals surface area contributed by atoms with Gasteiger partial charge in [-0.05, 0) is 46.3 Å². The molecule has 0 saturated heterocycles. The van der Waals surface area contributed by atoms with Crippen LogP contribution in [0.3, 0.4) is 0 Å². The number of nitrogens with one attached hydrogen (secondary N) is 3. The molecule has 0 radical (unpaired) electrons. The number of pyridine rings is 1. The Morgan fingerprint density at radius 1 is 1.10 bits per heavy atom. The van der Waals surface area contributed by atoms with Gasteiger partial charge in [-0.3, -0.25) is 4.72 Å². The number of H-pyrrole nitrogens is 2. The zero-order chi connectivity index (χ0) is 15.0. The molecule has 2 aromatic heterocycles. The maximum Gasteiger partial charge on any atom is 0.323 e.